The van der Waals surface area contributed by atoms with E-state index in [2.05, 4.69) is 10.1 Å². The van der Waals surface area contributed by atoms with Crippen LogP contribution in [-0.4, -0.2) is 24.1 Å². The number of carbonyl (C=O) groups excluding carboxylic acids is 2. The maximum absolute atomic E-state index is 12.1. The maximum atomic E-state index is 12.1. The number of methoxy groups -OCH3 is 1. The van der Waals surface area contributed by atoms with Crippen molar-refractivity contribution in [1.82, 2.24) is 0 Å². The van der Waals surface area contributed by atoms with Crippen molar-refractivity contribution in [3.63, 3.8) is 0 Å². The Kier molecular flexibility index (Phi) is 4.79. The van der Waals surface area contributed by atoms with Crippen molar-refractivity contribution in [2.75, 3.05) is 12.4 Å². The molecule has 1 amide bonds. The molecule has 0 aliphatic carbocycles. The van der Waals surface area contributed by atoms with Crippen molar-refractivity contribution in [2.24, 2.45) is 0 Å². The molecule has 21 heavy (non-hydrogen) atoms. The highest BCUT2D eigenvalue weighted by atomic mass is 127. The number of hydrogen-bond donors (Lipinski definition) is 2. The molecule has 108 valence electrons. The van der Waals surface area contributed by atoms with E-state index >= 15 is 0 Å². The number of carbonyl (C=O) groups is 2. The number of esters is 1. The molecule has 0 radical (unpaired) electrons. The Labute approximate surface area is 135 Å². The minimum atomic E-state index is -0.474. The van der Waals surface area contributed by atoms with E-state index in [1.54, 1.807) is 30.3 Å². The van der Waals surface area contributed by atoms with Gasteiger partial charge in [-0.3, -0.25) is 4.79 Å². The molecule has 0 saturated carbocycles. The van der Waals surface area contributed by atoms with Crippen LogP contribution in [0.1, 0.15) is 20.7 Å². The number of aromatic hydroxyl groups is 1. The molecule has 0 aromatic heterocycles. The smallest absolute Gasteiger partial charge is 0.337 e. The Morgan fingerprint density at radius 1 is 1.14 bits per heavy atom. The van der Waals surface area contributed by atoms with Crippen LogP contribution in [0.5, 0.6) is 5.75 Å². The Hall–Kier alpha value is -2.09. The van der Waals surface area contributed by atoms with Crippen LogP contribution >= 0.6 is 22.6 Å². The van der Waals surface area contributed by atoms with Gasteiger partial charge in [0.1, 0.15) is 5.75 Å². The van der Waals surface area contributed by atoms with E-state index in [9.17, 15) is 14.7 Å². The van der Waals surface area contributed by atoms with Gasteiger partial charge in [0, 0.05) is 11.3 Å². The molecule has 0 heterocycles. The maximum Gasteiger partial charge on any atom is 0.337 e. The zero-order chi connectivity index (χ0) is 15.4. The lowest BCUT2D eigenvalue weighted by Crippen LogP contribution is -2.12. The lowest BCUT2D eigenvalue weighted by molar-refractivity contribution is 0.0600. The van der Waals surface area contributed by atoms with Gasteiger partial charge in [-0.05, 0) is 59.0 Å². The standard InChI is InChI=1S/C15H12INO4/c1-21-15(20)10-3-2-4-11(7-10)17-14(19)9-5-6-12(16)13(18)8-9/h2-8,18H,1H3,(H,17,19). The average molecular weight is 397 g/mol. The third kappa shape index (κ3) is 3.72. The Bertz CT molecular complexity index is 700. The number of nitrogens with one attached hydrogen (secondary N) is 1. The van der Waals surface area contributed by atoms with E-state index in [4.69, 9.17) is 0 Å². The molecule has 0 spiro atoms. The Morgan fingerprint density at radius 2 is 1.90 bits per heavy atom. The lowest BCUT2D eigenvalue weighted by Gasteiger charge is -2.07. The van der Waals surface area contributed by atoms with Gasteiger partial charge in [0.15, 0.2) is 0 Å². The third-order valence-corrected chi connectivity index (χ3v) is 3.66. The van der Waals surface area contributed by atoms with E-state index in [0.717, 1.165) is 0 Å². The van der Waals surface area contributed by atoms with Gasteiger partial charge in [0.25, 0.3) is 5.91 Å². The quantitative estimate of drug-likeness (QED) is 0.617. The summed E-state index contributed by atoms with van der Waals surface area (Å²) in [4.78, 5) is 23.5. The summed E-state index contributed by atoms with van der Waals surface area (Å²) in [5, 5.41) is 12.3. The van der Waals surface area contributed by atoms with Gasteiger partial charge in [-0.25, -0.2) is 4.79 Å². The van der Waals surface area contributed by atoms with Crippen molar-refractivity contribution in [1.29, 1.82) is 0 Å². The molecule has 0 atom stereocenters. The second kappa shape index (κ2) is 6.57. The molecule has 0 bridgehead atoms. The molecule has 0 aliphatic rings. The van der Waals surface area contributed by atoms with Crippen LogP contribution < -0.4 is 5.32 Å². The van der Waals surface area contributed by atoms with Crippen molar-refractivity contribution >= 4 is 40.2 Å². The van der Waals surface area contributed by atoms with Gasteiger partial charge in [0.05, 0.1) is 16.2 Å². The van der Waals surface area contributed by atoms with Crippen molar-refractivity contribution < 1.29 is 19.4 Å². The number of rotatable bonds is 3. The van der Waals surface area contributed by atoms with Gasteiger partial charge < -0.3 is 15.2 Å². The number of hydrogen-bond acceptors (Lipinski definition) is 4. The summed E-state index contributed by atoms with van der Waals surface area (Å²) in [5.41, 5.74) is 1.15. The molecule has 2 aromatic rings. The number of phenols is 1. The Morgan fingerprint density at radius 3 is 2.57 bits per heavy atom. The van der Waals surface area contributed by atoms with Gasteiger partial charge in [-0.1, -0.05) is 6.07 Å². The highest BCUT2D eigenvalue weighted by Crippen LogP contribution is 2.21. The molecule has 5 nitrogen and oxygen atoms in total. The first kappa shape index (κ1) is 15.3. The molecule has 0 fully saturated rings. The first-order valence-electron chi connectivity index (χ1n) is 5.99. The second-order valence-corrected chi connectivity index (χ2v) is 5.35. The zero-order valence-electron chi connectivity index (χ0n) is 11.1. The topological polar surface area (TPSA) is 75.6 Å². The van der Waals surface area contributed by atoms with Gasteiger partial charge in [0.2, 0.25) is 0 Å². The number of benzene rings is 2. The lowest BCUT2D eigenvalue weighted by atomic mass is 10.1. The van der Waals surface area contributed by atoms with Crippen LogP contribution in [-0.2, 0) is 4.74 Å². The normalized spacial score (nSPS) is 10.0. The van der Waals surface area contributed by atoms with E-state index in [1.165, 1.54) is 19.2 Å². The molecule has 0 unspecified atom stereocenters. The van der Waals surface area contributed by atoms with E-state index in [1.807, 2.05) is 22.6 Å². The summed E-state index contributed by atoms with van der Waals surface area (Å²) in [7, 11) is 1.29. The van der Waals surface area contributed by atoms with Gasteiger partial charge >= 0.3 is 5.97 Å². The fourth-order valence-corrected chi connectivity index (χ4v) is 2.03. The molecule has 6 heteroatoms. The monoisotopic (exact) mass is 397 g/mol. The number of amides is 1. The fraction of sp³-hybridized carbons (Fsp3) is 0.0667. The number of halogens is 1. The van der Waals surface area contributed by atoms with Gasteiger partial charge in [-0.2, -0.15) is 0 Å². The van der Waals surface area contributed by atoms with Crippen molar-refractivity contribution in [3.8, 4) is 5.75 Å². The highest BCUT2D eigenvalue weighted by molar-refractivity contribution is 14.1. The van der Waals surface area contributed by atoms with Crippen LogP contribution in [0.25, 0.3) is 0 Å². The number of ether oxygens (including phenoxy) is 1. The fourth-order valence-electron chi connectivity index (χ4n) is 1.70. The zero-order valence-corrected chi connectivity index (χ0v) is 13.2. The van der Waals surface area contributed by atoms with Crippen LogP contribution in [0.4, 0.5) is 5.69 Å². The SMILES string of the molecule is COC(=O)c1cccc(NC(=O)c2ccc(I)c(O)c2)c1. The predicted octanol–water partition coefficient (Wildman–Crippen LogP) is 3.04. The van der Waals surface area contributed by atoms with Crippen LogP contribution in [0.2, 0.25) is 0 Å². The van der Waals surface area contributed by atoms with Crippen LogP contribution in [0.3, 0.4) is 0 Å². The molecular weight excluding hydrogens is 385 g/mol. The average Bonchev–Trinajstić information content (AvgIpc) is 2.49. The van der Waals surface area contributed by atoms with Crippen molar-refractivity contribution in [3.05, 3.63) is 57.2 Å². The number of anilines is 1. The minimum absolute atomic E-state index is 0.0477. The summed E-state index contributed by atoms with van der Waals surface area (Å²) in [6, 6.07) is 11.1. The first-order chi connectivity index (χ1) is 10.0. The van der Waals surface area contributed by atoms with Crippen LogP contribution in [0.15, 0.2) is 42.5 Å². The third-order valence-electron chi connectivity index (χ3n) is 2.75. The van der Waals surface area contributed by atoms with Crippen LogP contribution in [0, 0.1) is 3.57 Å². The molecular formula is C15H12INO4. The van der Waals surface area contributed by atoms with E-state index in [-0.39, 0.29) is 11.7 Å². The van der Waals surface area contributed by atoms with Crippen molar-refractivity contribution in [2.45, 2.75) is 0 Å². The summed E-state index contributed by atoms with van der Waals surface area (Å²) in [5.74, 6) is -0.798. The number of phenolic OH excluding ortho intramolecular Hbond substituents is 1. The first-order valence-corrected chi connectivity index (χ1v) is 7.07. The molecule has 2 aromatic carbocycles. The summed E-state index contributed by atoms with van der Waals surface area (Å²) >= 11 is 1.97. The van der Waals surface area contributed by atoms with E-state index < -0.39 is 5.97 Å². The molecule has 0 aliphatic heterocycles. The van der Waals surface area contributed by atoms with E-state index in [0.29, 0.717) is 20.4 Å². The second-order valence-electron chi connectivity index (χ2n) is 4.19. The minimum Gasteiger partial charge on any atom is -0.507 e. The Balaban J connectivity index is 2.19. The largest absolute Gasteiger partial charge is 0.507 e. The molecule has 0 saturated heterocycles. The summed E-state index contributed by atoms with van der Waals surface area (Å²) < 4.78 is 5.29. The van der Waals surface area contributed by atoms with Gasteiger partial charge in [-0.15, -0.1) is 0 Å². The summed E-state index contributed by atoms with van der Waals surface area (Å²) in [6.45, 7) is 0. The predicted molar refractivity (Wildman–Crippen MR) is 86.6 cm³/mol. The molecule has 2 rings (SSSR count). The highest BCUT2D eigenvalue weighted by Gasteiger charge is 2.10. The molecule has 2 N–H and O–H groups in total. The summed E-state index contributed by atoms with van der Waals surface area (Å²) in [6.07, 6.45) is 0.